The molecule has 0 aliphatic rings. The number of ether oxygens (including phenoxy) is 1. The summed E-state index contributed by atoms with van der Waals surface area (Å²) in [6.07, 6.45) is 0.185. The van der Waals surface area contributed by atoms with E-state index in [1.807, 2.05) is 57.2 Å². The van der Waals surface area contributed by atoms with Crippen LogP contribution in [0.2, 0.25) is 0 Å². The van der Waals surface area contributed by atoms with Gasteiger partial charge in [0.15, 0.2) is 0 Å². The molecule has 0 bridgehead atoms. The lowest BCUT2D eigenvalue weighted by molar-refractivity contribution is 0.242. The van der Waals surface area contributed by atoms with Crippen LogP contribution < -0.4 is 10.1 Å². The van der Waals surface area contributed by atoms with Crippen LogP contribution in [0.4, 0.5) is 5.82 Å². The summed E-state index contributed by atoms with van der Waals surface area (Å²) in [7, 11) is 0. The van der Waals surface area contributed by atoms with E-state index in [0.29, 0.717) is 0 Å². The summed E-state index contributed by atoms with van der Waals surface area (Å²) in [6.45, 7) is 6.90. The number of hydrogen-bond acceptors (Lipinski definition) is 4. The van der Waals surface area contributed by atoms with E-state index in [-0.39, 0.29) is 6.10 Å². The molecule has 0 amide bonds. The van der Waals surface area contributed by atoms with Crippen molar-refractivity contribution in [2.24, 2.45) is 0 Å². The van der Waals surface area contributed by atoms with E-state index < -0.39 is 0 Å². The Bertz CT molecular complexity index is 506. The predicted molar refractivity (Wildman–Crippen MR) is 77.4 cm³/mol. The number of aromatic nitrogens is 2. The average molecular weight is 257 g/mol. The van der Waals surface area contributed by atoms with Gasteiger partial charge < -0.3 is 10.1 Å². The number of nitrogens with zero attached hydrogens (tertiary/aromatic N) is 2. The topological polar surface area (TPSA) is 47.0 Å². The fraction of sp³-hybridized carbons (Fsp3) is 0.333. The summed E-state index contributed by atoms with van der Waals surface area (Å²) in [5.74, 6) is 1.67. The summed E-state index contributed by atoms with van der Waals surface area (Å²) in [5, 5.41) is 11.5. The van der Waals surface area contributed by atoms with Gasteiger partial charge in [-0.25, -0.2) is 0 Å². The van der Waals surface area contributed by atoms with Crippen LogP contribution in [0.5, 0.6) is 5.75 Å². The van der Waals surface area contributed by atoms with Gasteiger partial charge in [0, 0.05) is 12.1 Å². The van der Waals surface area contributed by atoms with Gasteiger partial charge in [-0.3, -0.25) is 0 Å². The highest BCUT2D eigenvalue weighted by molar-refractivity contribution is 5.60. The van der Waals surface area contributed by atoms with Gasteiger partial charge in [-0.15, -0.1) is 10.2 Å². The highest BCUT2D eigenvalue weighted by atomic mass is 16.5. The zero-order valence-electron chi connectivity index (χ0n) is 11.6. The first kappa shape index (κ1) is 13.3. The van der Waals surface area contributed by atoms with Gasteiger partial charge in [0.1, 0.15) is 11.6 Å². The molecule has 0 saturated carbocycles. The summed E-state index contributed by atoms with van der Waals surface area (Å²) in [5.41, 5.74) is 1.89. The maximum absolute atomic E-state index is 5.61. The summed E-state index contributed by atoms with van der Waals surface area (Å²) >= 11 is 0. The number of hydrogen-bond donors (Lipinski definition) is 1. The van der Waals surface area contributed by atoms with Crippen molar-refractivity contribution in [2.45, 2.75) is 26.9 Å². The van der Waals surface area contributed by atoms with E-state index in [0.717, 1.165) is 29.4 Å². The molecule has 4 heteroatoms. The van der Waals surface area contributed by atoms with E-state index in [2.05, 4.69) is 15.5 Å². The van der Waals surface area contributed by atoms with E-state index in [1.54, 1.807) is 0 Å². The lowest BCUT2D eigenvalue weighted by Crippen LogP contribution is -2.05. The second-order valence-corrected chi connectivity index (χ2v) is 4.53. The quantitative estimate of drug-likeness (QED) is 0.892. The molecule has 0 saturated heterocycles. The Morgan fingerprint density at radius 1 is 1.05 bits per heavy atom. The van der Waals surface area contributed by atoms with Crippen molar-refractivity contribution in [1.29, 1.82) is 0 Å². The largest absolute Gasteiger partial charge is 0.491 e. The molecule has 2 rings (SSSR count). The monoisotopic (exact) mass is 257 g/mol. The smallest absolute Gasteiger partial charge is 0.148 e. The first-order valence-electron chi connectivity index (χ1n) is 6.53. The maximum Gasteiger partial charge on any atom is 0.148 e. The first-order chi connectivity index (χ1) is 9.19. The number of anilines is 1. The molecule has 0 radical (unpaired) electrons. The molecule has 1 aromatic heterocycles. The Hall–Kier alpha value is -2.10. The van der Waals surface area contributed by atoms with E-state index in [4.69, 9.17) is 4.74 Å². The summed E-state index contributed by atoms with van der Waals surface area (Å²) in [4.78, 5) is 0. The van der Waals surface area contributed by atoms with Gasteiger partial charge in [0.2, 0.25) is 0 Å². The fourth-order valence-corrected chi connectivity index (χ4v) is 1.74. The third kappa shape index (κ3) is 3.68. The second-order valence-electron chi connectivity index (χ2n) is 4.53. The van der Waals surface area contributed by atoms with E-state index in [1.165, 1.54) is 0 Å². The molecule has 0 atom stereocenters. The van der Waals surface area contributed by atoms with Crippen LogP contribution in [0.1, 0.15) is 20.8 Å². The van der Waals surface area contributed by atoms with E-state index in [9.17, 15) is 0 Å². The van der Waals surface area contributed by atoms with Crippen LogP contribution in [-0.2, 0) is 0 Å². The molecule has 0 spiro atoms. The maximum atomic E-state index is 5.61. The van der Waals surface area contributed by atoms with Crippen LogP contribution in [0.25, 0.3) is 11.3 Å². The molecule has 2 aromatic rings. The molecule has 1 aromatic carbocycles. The highest BCUT2D eigenvalue weighted by Gasteiger charge is 2.02. The highest BCUT2D eigenvalue weighted by Crippen LogP contribution is 2.21. The average Bonchev–Trinajstić information content (AvgIpc) is 2.40. The molecule has 100 valence electrons. The Kier molecular flexibility index (Phi) is 4.34. The van der Waals surface area contributed by atoms with Crippen molar-refractivity contribution >= 4 is 5.82 Å². The first-order valence-corrected chi connectivity index (χ1v) is 6.53. The van der Waals surface area contributed by atoms with Crippen molar-refractivity contribution in [1.82, 2.24) is 10.2 Å². The third-order valence-electron chi connectivity index (χ3n) is 2.54. The Morgan fingerprint density at radius 2 is 1.79 bits per heavy atom. The fourth-order valence-electron chi connectivity index (χ4n) is 1.74. The van der Waals surface area contributed by atoms with Crippen molar-refractivity contribution in [2.75, 3.05) is 11.9 Å². The van der Waals surface area contributed by atoms with Gasteiger partial charge in [-0.2, -0.15) is 0 Å². The minimum atomic E-state index is 0.185. The normalized spacial score (nSPS) is 10.5. The molecule has 0 aliphatic heterocycles. The minimum absolute atomic E-state index is 0.185. The number of rotatable bonds is 5. The Labute approximate surface area is 113 Å². The lowest BCUT2D eigenvalue weighted by Gasteiger charge is -2.10. The van der Waals surface area contributed by atoms with Crippen molar-refractivity contribution in [3.63, 3.8) is 0 Å². The molecule has 0 unspecified atom stereocenters. The number of nitrogens with one attached hydrogen (secondary N) is 1. The van der Waals surface area contributed by atoms with Crippen molar-refractivity contribution in [3.8, 4) is 17.0 Å². The summed E-state index contributed by atoms with van der Waals surface area (Å²) < 4.78 is 5.61. The molecule has 19 heavy (non-hydrogen) atoms. The van der Waals surface area contributed by atoms with Crippen molar-refractivity contribution in [3.05, 3.63) is 36.4 Å². The molecule has 0 fully saturated rings. The van der Waals surface area contributed by atoms with Gasteiger partial charge in [0.25, 0.3) is 0 Å². The SMILES string of the molecule is CCNc1ccc(-c2ccc(OC(C)C)cc2)nn1. The van der Waals surface area contributed by atoms with E-state index >= 15 is 0 Å². The minimum Gasteiger partial charge on any atom is -0.491 e. The van der Waals surface area contributed by atoms with Crippen LogP contribution in [0.15, 0.2) is 36.4 Å². The Balaban J connectivity index is 2.13. The molecule has 4 nitrogen and oxygen atoms in total. The van der Waals surface area contributed by atoms with Gasteiger partial charge in [-0.1, -0.05) is 0 Å². The summed E-state index contributed by atoms with van der Waals surface area (Å²) in [6, 6.07) is 11.8. The van der Waals surface area contributed by atoms with Crippen LogP contribution >= 0.6 is 0 Å². The molecular weight excluding hydrogens is 238 g/mol. The van der Waals surface area contributed by atoms with Crippen LogP contribution in [0, 0.1) is 0 Å². The van der Waals surface area contributed by atoms with Crippen LogP contribution in [0.3, 0.4) is 0 Å². The zero-order chi connectivity index (χ0) is 13.7. The van der Waals surface area contributed by atoms with Crippen LogP contribution in [-0.4, -0.2) is 22.8 Å². The molecule has 0 aliphatic carbocycles. The third-order valence-corrected chi connectivity index (χ3v) is 2.54. The van der Waals surface area contributed by atoms with Gasteiger partial charge in [0.05, 0.1) is 11.8 Å². The molecule has 1 N–H and O–H groups in total. The number of benzene rings is 1. The standard InChI is InChI=1S/C15H19N3O/c1-4-16-15-10-9-14(17-18-15)12-5-7-13(8-6-12)19-11(2)3/h5-11H,4H2,1-3H3,(H,16,18). The van der Waals surface area contributed by atoms with Gasteiger partial charge in [-0.05, 0) is 57.2 Å². The molecular formula is C15H19N3O. The second kappa shape index (κ2) is 6.18. The Morgan fingerprint density at radius 3 is 2.32 bits per heavy atom. The lowest BCUT2D eigenvalue weighted by atomic mass is 10.1. The van der Waals surface area contributed by atoms with Crippen molar-refractivity contribution < 1.29 is 4.74 Å². The predicted octanol–water partition coefficient (Wildman–Crippen LogP) is 3.36. The zero-order valence-corrected chi connectivity index (χ0v) is 11.6. The van der Waals surface area contributed by atoms with Gasteiger partial charge >= 0.3 is 0 Å². The molecule has 1 heterocycles.